The van der Waals surface area contributed by atoms with E-state index >= 15 is 0 Å². The second-order valence-corrected chi connectivity index (χ2v) is 5.34. The molecule has 3 rings (SSSR count). The van der Waals surface area contributed by atoms with Gasteiger partial charge in [-0.2, -0.15) is 5.10 Å². The van der Waals surface area contributed by atoms with Gasteiger partial charge in [-0.3, -0.25) is 0 Å². The number of carbonyl (C=O) groups excluding carboxylic acids is 1. The number of nitrogens with one attached hydrogen (secondary N) is 2. The zero-order valence-electron chi connectivity index (χ0n) is 12.6. The molecule has 0 saturated heterocycles. The van der Waals surface area contributed by atoms with Crippen LogP contribution in [0, 0.1) is 0 Å². The molecular weight excluding hydrogens is 326 g/mol. The summed E-state index contributed by atoms with van der Waals surface area (Å²) in [5.41, 5.74) is 3.98. The van der Waals surface area contributed by atoms with Crippen molar-refractivity contribution >= 4 is 29.5 Å². The topological polar surface area (TPSA) is 66.6 Å². The van der Waals surface area contributed by atoms with Crippen LogP contribution in [-0.4, -0.2) is 12.2 Å². The van der Waals surface area contributed by atoms with Gasteiger partial charge in [0.25, 0.3) is 0 Å². The number of hydrazone groups is 1. The first-order valence-electron chi connectivity index (χ1n) is 7.21. The summed E-state index contributed by atoms with van der Waals surface area (Å²) in [6.45, 7) is 0. The molecule has 3 aromatic rings. The Bertz CT molecular complexity index is 842. The third-order valence-corrected chi connectivity index (χ3v) is 3.40. The van der Waals surface area contributed by atoms with E-state index in [2.05, 4.69) is 15.8 Å². The molecule has 1 aromatic heterocycles. The smallest absolute Gasteiger partial charge is 0.339 e. The summed E-state index contributed by atoms with van der Waals surface area (Å²) >= 11 is 5.86. The molecule has 0 aliphatic carbocycles. The first-order chi connectivity index (χ1) is 11.7. The van der Waals surface area contributed by atoms with Crippen molar-refractivity contribution in [3.05, 3.63) is 77.5 Å². The molecule has 0 bridgehead atoms. The van der Waals surface area contributed by atoms with E-state index in [0.29, 0.717) is 22.2 Å². The Labute approximate surface area is 143 Å². The molecule has 0 fully saturated rings. The Morgan fingerprint density at radius 2 is 1.75 bits per heavy atom. The van der Waals surface area contributed by atoms with Crippen LogP contribution in [0.25, 0.3) is 11.3 Å². The zero-order chi connectivity index (χ0) is 16.8. The molecule has 0 aliphatic heterocycles. The van der Waals surface area contributed by atoms with E-state index in [4.69, 9.17) is 16.0 Å². The van der Waals surface area contributed by atoms with Crippen molar-refractivity contribution in [3.8, 4) is 11.3 Å². The Kier molecular flexibility index (Phi) is 4.93. The average Bonchev–Trinajstić information content (AvgIpc) is 3.05. The van der Waals surface area contributed by atoms with Gasteiger partial charge in [0.1, 0.15) is 11.5 Å². The number of para-hydroxylation sites is 1. The molecule has 120 valence electrons. The van der Waals surface area contributed by atoms with Gasteiger partial charge in [0, 0.05) is 16.3 Å². The maximum absolute atomic E-state index is 11.7. The van der Waals surface area contributed by atoms with Crippen molar-refractivity contribution in [1.82, 2.24) is 5.43 Å². The molecule has 0 atom stereocenters. The van der Waals surface area contributed by atoms with E-state index in [9.17, 15) is 4.79 Å². The second kappa shape index (κ2) is 7.48. The molecule has 0 aliphatic rings. The van der Waals surface area contributed by atoms with Gasteiger partial charge in [-0.25, -0.2) is 10.2 Å². The van der Waals surface area contributed by atoms with Crippen LogP contribution in [0.4, 0.5) is 10.5 Å². The molecule has 2 aromatic carbocycles. The van der Waals surface area contributed by atoms with Crippen molar-refractivity contribution in [3.63, 3.8) is 0 Å². The number of urea groups is 1. The number of rotatable bonds is 4. The Hall–Kier alpha value is -3.05. The van der Waals surface area contributed by atoms with Gasteiger partial charge in [-0.15, -0.1) is 0 Å². The normalized spacial score (nSPS) is 10.7. The molecule has 5 nitrogen and oxygen atoms in total. The summed E-state index contributed by atoms with van der Waals surface area (Å²) in [7, 11) is 0. The van der Waals surface area contributed by atoms with Crippen molar-refractivity contribution in [2.75, 3.05) is 5.32 Å². The second-order valence-electron chi connectivity index (χ2n) is 4.90. The lowest BCUT2D eigenvalue weighted by atomic mass is 10.2. The largest absolute Gasteiger partial charge is 0.455 e. The van der Waals surface area contributed by atoms with Gasteiger partial charge in [0.05, 0.1) is 6.21 Å². The molecule has 0 unspecified atom stereocenters. The molecule has 0 saturated carbocycles. The lowest BCUT2D eigenvalue weighted by Crippen LogP contribution is -2.24. The standard InChI is InChI=1S/C18H14ClN3O2/c19-14-8-6-13(7-9-14)17-11-10-16(24-17)12-20-22-18(23)21-15-4-2-1-3-5-15/h1-12H,(H2,21,22,23)/b20-12+. The van der Waals surface area contributed by atoms with Crippen LogP contribution in [0.3, 0.4) is 0 Å². The first kappa shape index (κ1) is 15.8. The maximum Gasteiger partial charge on any atom is 0.339 e. The number of nitrogens with zero attached hydrogens (tertiary/aromatic N) is 1. The van der Waals surface area contributed by atoms with Crippen LogP contribution in [0.1, 0.15) is 5.76 Å². The van der Waals surface area contributed by atoms with Crippen LogP contribution in [0.2, 0.25) is 5.02 Å². The number of amides is 2. The fourth-order valence-electron chi connectivity index (χ4n) is 2.03. The van der Waals surface area contributed by atoms with E-state index in [1.165, 1.54) is 6.21 Å². The van der Waals surface area contributed by atoms with Crippen molar-refractivity contribution < 1.29 is 9.21 Å². The van der Waals surface area contributed by atoms with E-state index in [1.54, 1.807) is 30.3 Å². The molecule has 24 heavy (non-hydrogen) atoms. The van der Waals surface area contributed by atoms with Crippen molar-refractivity contribution in [2.24, 2.45) is 5.10 Å². The highest BCUT2D eigenvalue weighted by Gasteiger charge is 2.04. The van der Waals surface area contributed by atoms with Crippen LogP contribution < -0.4 is 10.7 Å². The Morgan fingerprint density at radius 1 is 1.00 bits per heavy atom. The lowest BCUT2D eigenvalue weighted by Gasteiger charge is -2.02. The summed E-state index contributed by atoms with van der Waals surface area (Å²) in [5.74, 6) is 1.22. The van der Waals surface area contributed by atoms with E-state index in [0.717, 1.165) is 5.56 Å². The van der Waals surface area contributed by atoms with Crippen molar-refractivity contribution in [2.45, 2.75) is 0 Å². The van der Waals surface area contributed by atoms with Crippen LogP contribution in [0.15, 0.2) is 76.2 Å². The molecule has 2 amide bonds. The predicted octanol–water partition coefficient (Wildman–Crippen LogP) is 4.76. The number of halogens is 1. The monoisotopic (exact) mass is 339 g/mol. The molecule has 6 heteroatoms. The van der Waals surface area contributed by atoms with Gasteiger partial charge < -0.3 is 9.73 Å². The summed E-state index contributed by atoms with van der Waals surface area (Å²) in [6.07, 6.45) is 1.43. The fraction of sp³-hybridized carbons (Fsp3) is 0. The summed E-state index contributed by atoms with van der Waals surface area (Å²) in [5, 5.41) is 7.18. The third-order valence-electron chi connectivity index (χ3n) is 3.15. The summed E-state index contributed by atoms with van der Waals surface area (Å²) in [4.78, 5) is 11.7. The number of hydrogen-bond acceptors (Lipinski definition) is 3. The van der Waals surface area contributed by atoms with Gasteiger partial charge >= 0.3 is 6.03 Å². The van der Waals surface area contributed by atoms with Gasteiger partial charge in [-0.05, 0) is 48.5 Å². The van der Waals surface area contributed by atoms with Gasteiger partial charge in [0.15, 0.2) is 0 Å². The number of benzene rings is 2. The zero-order valence-corrected chi connectivity index (χ0v) is 13.3. The summed E-state index contributed by atoms with van der Waals surface area (Å²) < 4.78 is 5.65. The highest BCUT2D eigenvalue weighted by molar-refractivity contribution is 6.30. The number of furan rings is 1. The Balaban J connectivity index is 1.57. The molecule has 0 spiro atoms. The van der Waals surface area contributed by atoms with Gasteiger partial charge in [0.2, 0.25) is 0 Å². The quantitative estimate of drug-likeness (QED) is 0.531. The van der Waals surface area contributed by atoms with Crippen LogP contribution >= 0.6 is 11.6 Å². The minimum absolute atomic E-state index is 0.429. The number of carbonyl (C=O) groups is 1. The molecular formula is C18H14ClN3O2. The van der Waals surface area contributed by atoms with Crippen LogP contribution in [-0.2, 0) is 0 Å². The number of anilines is 1. The highest BCUT2D eigenvalue weighted by Crippen LogP contribution is 2.23. The SMILES string of the molecule is O=C(N/N=C/c1ccc(-c2ccc(Cl)cc2)o1)Nc1ccccc1. The average molecular weight is 340 g/mol. The van der Waals surface area contributed by atoms with E-state index in [-0.39, 0.29) is 0 Å². The molecule has 0 radical (unpaired) electrons. The molecule has 2 N–H and O–H groups in total. The third kappa shape index (κ3) is 4.24. The lowest BCUT2D eigenvalue weighted by molar-refractivity contribution is 0.252. The van der Waals surface area contributed by atoms with E-state index < -0.39 is 6.03 Å². The highest BCUT2D eigenvalue weighted by atomic mass is 35.5. The Morgan fingerprint density at radius 3 is 2.50 bits per heavy atom. The number of hydrogen-bond donors (Lipinski definition) is 2. The van der Waals surface area contributed by atoms with Crippen LogP contribution in [0.5, 0.6) is 0 Å². The van der Waals surface area contributed by atoms with Gasteiger partial charge in [-0.1, -0.05) is 29.8 Å². The van der Waals surface area contributed by atoms with E-state index in [1.807, 2.05) is 36.4 Å². The molecule has 1 heterocycles. The predicted molar refractivity (Wildman–Crippen MR) is 95.3 cm³/mol. The fourth-order valence-corrected chi connectivity index (χ4v) is 2.15. The minimum Gasteiger partial charge on any atom is -0.455 e. The first-order valence-corrected chi connectivity index (χ1v) is 7.59. The summed E-state index contributed by atoms with van der Waals surface area (Å²) in [6, 6.07) is 19.6. The van der Waals surface area contributed by atoms with Crippen molar-refractivity contribution in [1.29, 1.82) is 0 Å². The minimum atomic E-state index is -0.429. The maximum atomic E-state index is 11.7.